The molecule has 0 atom stereocenters. The largest absolute Gasteiger partial charge is 0.375 e. The first-order valence-electron chi connectivity index (χ1n) is 6.48. The summed E-state index contributed by atoms with van der Waals surface area (Å²) >= 11 is 4.71. The number of hydrazone groups is 1. The van der Waals surface area contributed by atoms with Crippen LogP contribution in [0.25, 0.3) is 0 Å². The van der Waals surface area contributed by atoms with Crippen LogP contribution in [0.3, 0.4) is 0 Å². The van der Waals surface area contributed by atoms with Crippen molar-refractivity contribution < 1.29 is 0 Å². The van der Waals surface area contributed by atoms with Gasteiger partial charge in [-0.15, -0.1) is 0 Å². The SMILES string of the molecule is CCCCN(C)Cc1ccccc1C=NNC(N)=S. The predicted octanol–water partition coefficient (Wildman–Crippen LogP) is 2.09. The van der Waals surface area contributed by atoms with Gasteiger partial charge < -0.3 is 10.6 Å². The van der Waals surface area contributed by atoms with Gasteiger partial charge in [0, 0.05) is 6.54 Å². The number of hydrogen-bond donors (Lipinski definition) is 2. The minimum atomic E-state index is 0.175. The van der Waals surface area contributed by atoms with Crippen LogP contribution in [0, 0.1) is 0 Å². The van der Waals surface area contributed by atoms with E-state index < -0.39 is 0 Å². The first kappa shape index (κ1) is 15.6. The standard InChI is InChI=1S/C14H22N4S/c1-3-4-9-18(2)11-13-8-6-5-7-12(13)10-16-17-14(15)19/h5-8,10H,3-4,9,11H2,1-2H3,(H3,15,17,19). The second-order valence-corrected chi connectivity index (χ2v) is 4.96. The second kappa shape index (κ2) is 8.61. The van der Waals surface area contributed by atoms with Gasteiger partial charge in [0.2, 0.25) is 0 Å². The zero-order valence-corrected chi connectivity index (χ0v) is 12.4. The van der Waals surface area contributed by atoms with Crippen LogP contribution in [0.2, 0.25) is 0 Å². The summed E-state index contributed by atoms with van der Waals surface area (Å²) in [7, 11) is 2.14. The van der Waals surface area contributed by atoms with Crippen LogP contribution < -0.4 is 11.2 Å². The fraction of sp³-hybridized carbons (Fsp3) is 0.429. The van der Waals surface area contributed by atoms with E-state index in [0.29, 0.717) is 0 Å². The second-order valence-electron chi connectivity index (χ2n) is 4.52. The molecule has 0 aromatic heterocycles. The van der Waals surface area contributed by atoms with Gasteiger partial charge >= 0.3 is 0 Å². The molecule has 0 radical (unpaired) electrons. The Morgan fingerprint density at radius 1 is 1.47 bits per heavy atom. The Morgan fingerprint density at radius 3 is 2.89 bits per heavy atom. The first-order chi connectivity index (χ1) is 9.13. The van der Waals surface area contributed by atoms with E-state index in [1.165, 1.54) is 18.4 Å². The molecular formula is C14H22N4S. The highest BCUT2D eigenvalue weighted by Gasteiger charge is 2.03. The van der Waals surface area contributed by atoms with Crippen LogP contribution in [0.15, 0.2) is 29.4 Å². The lowest BCUT2D eigenvalue weighted by Crippen LogP contribution is -2.24. The molecule has 19 heavy (non-hydrogen) atoms. The van der Waals surface area contributed by atoms with E-state index >= 15 is 0 Å². The molecule has 1 aromatic rings. The molecule has 0 saturated carbocycles. The van der Waals surface area contributed by atoms with Gasteiger partial charge in [-0.1, -0.05) is 37.6 Å². The van der Waals surface area contributed by atoms with Crippen molar-refractivity contribution in [1.29, 1.82) is 0 Å². The Labute approximate surface area is 120 Å². The molecule has 0 aliphatic rings. The van der Waals surface area contributed by atoms with E-state index in [-0.39, 0.29) is 5.11 Å². The Hall–Kier alpha value is -1.46. The molecule has 0 bridgehead atoms. The summed E-state index contributed by atoms with van der Waals surface area (Å²) in [6.07, 6.45) is 4.18. The zero-order valence-electron chi connectivity index (χ0n) is 11.6. The Kier molecular flexibility index (Phi) is 7.07. The van der Waals surface area contributed by atoms with Crippen molar-refractivity contribution in [3.8, 4) is 0 Å². The van der Waals surface area contributed by atoms with Gasteiger partial charge in [0.15, 0.2) is 5.11 Å². The maximum atomic E-state index is 5.33. The highest BCUT2D eigenvalue weighted by Crippen LogP contribution is 2.09. The van der Waals surface area contributed by atoms with Crippen LogP contribution in [0.5, 0.6) is 0 Å². The fourth-order valence-electron chi connectivity index (χ4n) is 1.77. The lowest BCUT2D eigenvalue weighted by molar-refractivity contribution is 0.320. The van der Waals surface area contributed by atoms with Crippen LogP contribution in [-0.4, -0.2) is 29.8 Å². The third-order valence-corrected chi connectivity index (χ3v) is 2.86. The molecule has 1 rings (SSSR count). The summed E-state index contributed by atoms with van der Waals surface area (Å²) in [5.74, 6) is 0. The lowest BCUT2D eigenvalue weighted by atomic mass is 10.1. The Balaban J connectivity index is 2.67. The molecule has 4 nitrogen and oxygen atoms in total. The monoisotopic (exact) mass is 278 g/mol. The van der Waals surface area contributed by atoms with E-state index in [9.17, 15) is 0 Å². The number of benzene rings is 1. The van der Waals surface area contributed by atoms with Gasteiger partial charge in [0.1, 0.15) is 0 Å². The van der Waals surface area contributed by atoms with Crippen molar-refractivity contribution in [3.05, 3.63) is 35.4 Å². The molecule has 0 fully saturated rings. The molecule has 0 amide bonds. The number of thiocarbonyl (C=S) groups is 1. The molecule has 0 heterocycles. The van der Waals surface area contributed by atoms with Crippen LogP contribution in [0.4, 0.5) is 0 Å². The van der Waals surface area contributed by atoms with E-state index in [1.54, 1.807) is 6.21 Å². The molecule has 5 heteroatoms. The summed E-state index contributed by atoms with van der Waals surface area (Å²) in [5.41, 5.74) is 10.2. The van der Waals surface area contributed by atoms with Crippen LogP contribution in [-0.2, 0) is 6.54 Å². The van der Waals surface area contributed by atoms with Crippen molar-refractivity contribution in [2.24, 2.45) is 10.8 Å². The average Bonchev–Trinajstić information content (AvgIpc) is 2.38. The fourth-order valence-corrected chi connectivity index (χ4v) is 1.82. The minimum absolute atomic E-state index is 0.175. The van der Waals surface area contributed by atoms with Crippen molar-refractivity contribution in [1.82, 2.24) is 10.3 Å². The van der Waals surface area contributed by atoms with Crippen molar-refractivity contribution in [3.63, 3.8) is 0 Å². The van der Waals surface area contributed by atoms with Gasteiger partial charge in [-0.25, -0.2) is 0 Å². The number of nitrogens with one attached hydrogen (secondary N) is 1. The molecule has 1 aromatic carbocycles. The third-order valence-electron chi connectivity index (χ3n) is 2.77. The summed E-state index contributed by atoms with van der Waals surface area (Å²) in [6, 6.07) is 8.19. The predicted molar refractivity (Wildman–Crippen MR) is 85.2 cm³/mol. The Morgan fingerprint density at radius 2 is 2.21 bits per heavy atom. The molecule has 0 aliphatic heterocycles. The normalized spacial score (nSPS) is 11.1. The maximum absolute atomic E-state index is 5.33. The molecule has 104 valence electrons. The molecular weight excluding hydrogens is 256 g/mol. The van der Waals surface area contributed by atoms with Crippen LogP contribution >= 0.6 is 12.2 Å². The molecule has 0 aliphatic carbocycles. The molecule has 0 spiro atoms. The topological polar surface area (TPSA) is 53.6 Å². The number of nitrogens with zero attached hydrogens (tertiary/aromatic N) is 2. The quantitative estimate of drug-likeness (QED) is 0.455. The lowest BCUT2D eigenvalue weighted by Gasteiger charge is -2.17. The maximum Gasteiger partial charge on any atom is 0.184 e. The smallest absolute Gasteiger partial charge is 0.184 e. The van der Waals surface area contributed by atoms with Crippen LogP contribution in [0.1, 0.15) is 30.9 Å². The van der Waals surface area contributed by atoms with Gasteiger partial charge in [-0.3, -0.25) is 5.43 Å². The zero-order chi connectivity index (χ0) is 14.1. The number of unbranched alkanes of at least 4 members (excludes halogenated alkanes) is 1. The average molecular weight is 278 g/mol. The van der Waals surface area contributed by atoms with Crippen molar-refractivity contribution >= 4 is 23.5 Å². The summed E-state index contributed by atoms with van der Waals surface area (Å²) in [4.78, 5) is 2.32. The summed E-state index contributed by atoms with van der Waals surface area (Å²) in [5, 5.41) is 4.19. The van der Waals surface area contributed by atoms with E-state index in [2.05, 4.69) is 35.5 Å². The first-order valence-corrected chi connectivity index (χ1v) is 6.89. The van der Waals surface area contributed by atoms with Crippen molar-refractivity contribution in [2.75, 3.05) is 13.6 Å². The van der Waals surface area contributed by atoms with Gasteiger partial charge in [0.05, 0.1) is 6.21 Å². The van der Waals surface area contributed by atoms with E-state index in [4.69, 9.17) is 18.0 Å². The van der Waals surface area contributed by atoms with E-state index in [0.717, 1.165) is 18.7 Å². The highest BCUT2D eigenvalue weighted by molar-refractivity contribution is 7.80. The highest BCUT2D eigenvalue weighted by atomic mass is 32.1. The molecule has 0 unspecified atom stereocenters. The minimum Gasteiger partial charge on any atom is -0.375 e. The van der Waals surface area contributed by atoms with Gasteiger partial charge in [-0.2, -0.15) is 5.10 Å². The number of nitrogens with two attached hydrogens (primary N) is 1. The summed E-state index contributed by atoms with van der Waals surface area (Å²) in [6.45, 7) is 4.22. The summed E-state index contributed by atoms with van der Waals surface area (Å²) < 4.78 is 0. The third kappa shape index (κ3) is 6.31. The Bertz CT molecular complexity index is 431. The number of rotatable bonds is 7. The molecule has 3 N–H and O–H groups in total. The molecule has 0 saturated heterocycles. The number of hydrogen-bond acceptors (Lipinski definition) is 3. The van der Waals surface area contributed by atoms with Gasteiger partial charge in [-0.05, 0) is 43.4 Å². The van der Waals surface area contributed by atoms with Gasteiger partial charge in [0.25, 0.3) is 0 Å². The van der Waals surface area contributed by atoms with E-state index in [1.807, 2.05) is 18.2 Å². The van der Waals surface area contributed by atoms with Crippen molar-refractivity contribution in [2.45, 2.75) is 26.3 Å².